The molecule has 2 aromatic heterocycles. The first-order valence-corrected chi connectivity index (χ1v) is 8.69. The summed E-state index contributed by atoms with van der Waals surface area (Å²) in [6.45, 7) is 0. The molecule has 0 fully saturated rings. The summed E-state index contributed by atoms with van der Waals surface area (Å²) in [5.74, 6) is 1.02. The molecule has 2 heterocycles. The first-order chi connectivity index (χ1) is 12.6. The number of anilines is 2. The summed E-state index contributed by atoms with van der Waals surface area (Å²) in [6.07, 6.45) is 4.78. The first-order valence-electron chi connectivity index (χ1n) is 7.55. The third kappa shape index (κ3) is 3.55. The fourth-order valence-corrected chi connectivity index (χ4v) is 3.18. The van der Waals surface area contributed by atoms with Crippen LogP contribution < -0.4 is 5.32 Å². The van der Waals surface area contributed by atoms with Gasteiger partial charge in [0.05, 0.1) is 11.7 Å². The van der Waals surface area contributed by atoms with Crippen molar-refractivity contribution in [3.63, 3.8) is 0 Å². The molecule has 1 N–H and O–H groups in total. The van der Waals surface area contributed by atoms with Crippen LogP contribution in [0.1, 0.15) is 0 Å². The maximum Gasteiger partial charge on any atom is 0.182 e. The molecule has 4 rings (SSSR count). The summed E-state index contributed by atoms with van der Waals surface area (Å²) in [6, 6.07) is 10.6. The Bertz CT molecular complexity index is 1080. The summed E-state index contributed by atoms with van der Waals surface area (Å²) in [4.78, 5) is 17.5. The summed E-state index contributed by atoms with van der Waals surface area (Å²) in [5.41, 5.74) is 1.95. The van der Waals surface area contributed by atoms with Gasteiger partial charge < -0.3 is 5.32 Å². The Hall–Kier alpha value is -2.47. The van der Waals surface area contributed by atoms with Crippen LogP contribution in [0.15, 0.2) is 55.0 Å². The fourth-order valence-electron chi connectivity index (χ4n) is 2.49. The molecule has 0 unspecified atom stereocenters. The van der Waals surface area contributed by atoms with Gasteiger partial charge in [0.1, 0.15) is 11.5 Å². The van der Waals surface area contributed by atoms with Crippen LogP contribution in [0.2, 0.25) is 15.1 Å². The number of hydrogen-bond donors (Lipinski definition) is 1. The Morgan fingerprint density at radius 1 is 0.808 bits per heavy atom. The second-order valence-electron chi connectivity index (χ2n) is 5.43. The van der Waals surface area contributed by atoms with Gasteiger partial charge in [-0.2, -0.15) is 0 Å². The number of nitrogens with zero attached hydrogens (tertiary/aromatic N) is 4. The van der Waals surface area contributed by atoms with Gasteiger partial charge in [-0.1, -0.05) is 34.8 Å². The number of rotatable bonds is 3. The molecule has 0 saturated heterocycles. The van der Waals surface area contributed by atoms with Crippen LogP contribution in [0, 0.1) is 0 Å². The van der Waals surface area contributed by atoms with Crippen molar-refractivity contribution in [3.05, 3.63) is 70.1 Å². The van der Waals surface area contributed by atoms with Gasteiger partial charge in [-0.3, -0.25) is 4.98 Å². The number of benzene rings is 2. The molecule has 4 aromatic rings. The Kier molecular flexibility index (Phi) is 4.59. The zero-order valence-corrected chi connectivity index (χ0v) is 15.4. The van der Waals surface area contributed by atoms with E-state index in [0.29, 0.717) is 43.6 Å². The molecule has 0 saturated carbocycles. The van der Waals surface area contributed by atoms with E-state index in [-0.39, 0.29) is 0 Å². The average Bonchev–Trinajstić information content (AvgIpc) is 2.61. The maximum absolute atomic E-state index is 6.13. The molecule has 0 spiro atoms. The van der Waals surface area contributed by atoms with Crippen LogP contribution in [0.4, 0.5) is 11.5 Å². The van der Waals surface area contributed by atoms with Crippen molar-refractivity contribution in [1.82, 2.24) is 19.9 Å². The van der Waals surface area contributed by atoms with Crippen LogP contribution >= 0.6 is 34.8 Å². The summed E-state index contributed by atoms with van der Waals surface area (Å²) in [7, 11) is 0. The lowest BCUT2D eigenvalue weighted by atomic mass is 10.2. The van der Waals surface area contributed by atoms with Crippen molar-refractivity contribution in [1.29, 1.82) is 0 Å². The molecule has 0 aliphatic rings. The summed E-state index contributed by atoms with van der Waals surface area (Å²) >= 11 is 18.3. The highest BCUT2D eigenvalue weighted by molar-refractivity contribution is 6.35. The zero-order valence-electron chi connectivity index (χ0n) is 13.1. The predicted octanol–water partition coefficient (Wildman–Crippen LogP) is 5.79. The quantitative estimate of drug-likeness (QED) is 0.470. The summed E-state index contributed by atoms with van der Waals surface area (Å²) < 4.78 is 0. The van der Waals surface area contributed by atoms with E-state index < -0.39 is 0 Å². The highest BCUT2D eigenvalue weighted by Crippen LogP contribution is 2.30. The van der Waals surface area contributed by atoms with Crippen LogP contribution in [0.25, 0.3) is 22.4 Å². The van der Waals surface area contributed by atoms with E-state index in [1.807, 2.05) is 6.07 Å². The van der Waals surface area contributed by atoms with Crippen molar-refractivity contribution in [2.75, 3.05) is 5.32 Å². The topological polar surface area (TPSA) is 63.6 Å². The minimum atomic E-state index is 0.434. The second kappa shape index (κ2) is 7.03. The molecule has 0 aliphatic carbocycles. The minimum Gasteiger partial charge on any atom is -0.340 e. The van der Waals surface area contributed by atoms with Crippen molar-refractivity contribution in [2.24, 2.45) is 0 Å². The van der Waals surface area contributed by atoms with Gasteiger partial charge in [0.15, 0.2) is 5.82 Å². The van der Waals surface area contributed by atoms with Gasteiger partial charge in [-0.25, -0.2) is 15.0 Å². The normalized spacial score (nSPS) is 10.9. The van der Waals surface area contributed by atoms with E-state index in [0.717, 1.165) is 5.39 Å². The molecular formula is C18H10Cl3N5. The smallest absolute Gasteiger partial charge is 0.182 e. The number of aromatic nitrogens is 4. The number of hydrogen-bond acceptors (Lipinski definition) is 5. The van der Waals surface area contributed by atoms with Crippen LogP contribution in [0.3, 0.4) is 0 Å². The average molecular weight is 403 g/mol. The van der Waals surface area contributed by atoms with Crippen molar-refractivity contribution in [2.45, 2.75) is 0 Å². The lowest BCUT2D eigenvalue weighted by molar-refractivity contribution is 1.13. The molecule has 0 radical (unpaired) electrons. The first kappa shape index (κ1) is 17.0. The predicted molar refractivity (Wildman–Crippen MR) is 105 cm³/mol. The largest absolute Gasteiger partial charge is 0.340 e. The Morgan fingerprint density at radius 3 is 2.35 bits per heavy atom. The molecule has 0 amide bonds. The van der Waals surface area contributed by atoms with Crippen molar-refractivity contribution < 1.29 is 0 Å². The van der Waals surface area contributed by atoms with E-state index >= 15 is 0 Å². The van der Waals surface area contributed by atoms with Gasteiger partial charge in [0.25, 0.3) is 0 Å². The molecule has 128 valence electrons. The Balaban J connectivity index is 1.89. The number of fused-ring (bicyclic) bond motifs is 1. The lowest BCUT2D eigenvalue weighted by Gasteiger charge is -2.11. The van der Waals surface area contributed by atoms with E-state index in [9.17, 15) is 0 Å². The number of nitrogens with one attached hydrogen (secondary N) is 1. The van der Waals surface area contributed by atoms with E-state index in [1.165, 1.54) is 0 Å². The Morgan fingerprint density at radius 2 is 1.62 bits per heavy atom. The van der Waals surface area contributed by atoms with Gasteiger partial charge >= 0.3 is 0 Å². The number of halogens is 3. The molecule has 26 heavy (non-hydrogen) atoms. The van der Waals surface area contributed by atoms with Gasteiger partial charge in [-0.15, -0.1) is 0 Å². The van der Waals surface area contributed by atoms with Gasteiger partial charge in [0, 0.05) is 38.5 Å². The van der Waals surface area contributed by atoms with Crippen LogP contribution in [-0.2, 0) is 0 Å². The standard InChI is InChI=1S/C18H10Cl3N5/c19-10-1-2-14-15(8-10)25-18(16-9-22-3-4-23-16)26-17(14)24-13-6-11(20)5-12(21)7-13/h1-9H,(H,24,25,26). The third-order valence-corrected chi connectivity index (χ3v) is 4.25. The van der Waals surface area contributed by atoms with Gasteiger partial charge in [0.2, 0.25) is 0 Å². The van der Waals surface area contributed by atoms with Crippen LogP contribution in [-0.4, -0.2) is 19.9 Å². The molecule has 0 aliphatic heterocycles. The lowest BCUT2D eigenvalue weighted by Crippen LogP contribution is -2.00. The zero-order chi connectivity index (χ0) is 18.1. The molecule has 8 heteroatoms. The molecule has 0 bridgehead atoms. The Labute approximate surface area is 164 Å². The molecule has 2 aromatic carbocycles. The SMILES string of the molecule is Clc1cc(Cl)cc(Nc2nc(-c3cnccn3)nc3cc(Cl)ccc23)c1. The second-order valence-corrected chi connectivity index (χ2v) is 6.74. The maximum atomic E-state index is 6.13. The van der Waals surface area contributed by atoms with Crippen LogP contribution in [0.5, 0.6) is 0 Å². The molecule has 5 nitrogen and oxygen atoms in total. The van der Waals surface area contributed by atoms with Crippen molar-refractivity contribution >= 4 is 57.2 Å². The van der Waals surface area contributed by atoms with E-state index in [1.54, 1.807) is 48.9 Å². The highest BCUT2D eigenvalue weighted by atomic mass is 35.5. The van der Waals surface area contributed by atoms with Crippen molar-refractivity contribution in [3.8, 4) is 11.5 Å². The highest BCUT2D eigenvalue weighted by Gasteiger charge is 2.12. The van der Waals surface area contributed by atoms with Gasteiger partial charge in [-0.05, 0) is 36.4 Å². The minimum absolute atomic E-state index is 0.434. The van der Waals surface area contributed by atoms with E-state index in [4.69, 9.17) is 34.8 Å². The summed E-state index contributed by atoms with van der Waals surface area (Å²) in [5, 5.41) is 5.68. The third-order valence-electron chi connectivity index (χ3n) is 3.58. The molecule has 0 atom stereocenters. The van der Waals surface area contributed by atoms with E-state index in [2.05, 4.69) is 25.3 Å². The monoisotopic (exact) mass is 401 g/mol. The fraction of sp³-hybridized carbons (Fsp3) is 0. The molecular weight excluding hydrogens is 393 g/mol.